The lowest BCUT2D eigenvalue weighted by atomic mass is 10.0. The molecular formula is C19H27NO3. The molecule has 1 fully saturated rings. The van der Waals surface area contributed by atoms with Gasteiger partial charge in [-0.15, -0.1) is 0 Å². The molecular weight excluding hydrogens is 290 g/mol. The minimum atomic E-state index is -0.824. The van der Waals surface area contributed by atoms with Gasteiger partial charge in [0.05, 0.1) is 6.42 Å². The van der Waals surface area contributed by atoms with Gasteiger partial charge in [0.1, 0.15) is 0 Å². The van der Waals surface area contributed by atoms with Crippen LogP contribution in [0.5, 0.6) is 0 Å². The molecule has 1 atom stereocenters. The van der Waals surface area contributed by atoms with Crippen LogP contribution < -0.4 is 0 Å². The quantitative estimate of drug-likeness (QED) is 0.839. The average molecular weight is 317 g/mol. The summed E-state index contributed by atoms with van der Waals surface area (Å²) < 4.78 is 0. The number of benzene rings is 1. The Kier molecular flexibility index (Phi) is 6.20. The van der Waals surface area contributed by atoms with Crippen molar-refractivity contribution in [1.82, 2.24) is 4.90 Å². The zero-order valence-corrected chi connectivity index (χ0v) is 14.1. The SMILES string of the molecule is CC(C)Cc1ccc(CCC(=O)N2CCCC2CC(=O)O)cc1. The van der Waals surface area contributed by atoms with E-state index in [1.54, 1.807) is 4.90 Å². The standard InChI is InChI=1S/C19H27NO3/c1-14(2)12-16-7-5-15(6-8-16)9-10-18(21)20-11-3-4-17(20)13-19(22)23/h5-8,14,17H,3-4,9-13H2,1-2H3,(H,22,23). The van der Waals surface area contributed by atoms with Gasteiger partial charge in [-0.25, -0.2) is 0 Å². The van der Waals surface area contributed by atoms with Gasteiger partial charge in [0.15, 0.2) is 0 Å². The predicted molar refractivity (Wildman–Crippen MR) is 90.3 cm³/mol. The average Bonchev–Trinajstić information content (AvgIpc) is 2.93. The van der Waals surface area contributed by atoms with Crippen molar-refractivity contribution in [3.63, 3.8) is 0 Å². The highest BCUT2D eigenvalue weighted by molar-refractivity contribution is 5.78. The summed E-state index contributed by atoms with van der Waals surface area (Å²) in [5.74, 6) is -0.0980. The summed E-state index contributed by atoms with van der Waals surface area (Å²) in [4.78, 5) is 25.0. The number of aryl methyl sites for hydroxylation is 1. The Hall–Kier alpha value is -1.84. The van der Waals surface area contributed by atoms with Crippen LogP contribution in [-0.2, 0) is 22.4 Å². The molecule has 1 N–H and O–H groups in total. The van der Waals surface area contributed by atoms with E-state index in [4.69, 9.17) is 5.11 Å². The van der Waals surface area contributed by atoms with E-state index >= 15 is 0 Å². The minimum Gasteiger partial charge on any atom is -0.481 e. The molecule has 4 nitrogen and oxygen atoms in total. The molecule has 1 aromatic carbocycles. The van der Waals surface area contributed by atoms with Gasteiger partial charge in [-0.3, -0.25) is 9.59 Å². The van der Waals surface area contributed by atoms with Gasteiger partial charge in [-0.05, 0) is 42.7 Å². The molecule has 1 heterocycles. The Balaban J connectivity index is 1.85. The second kappa shape index (κ2) is 8.14. The van der Waals surface area contributed by atoms with E-state index in [1.807, 2.05) is 0 Å². The maximum Gasteiger partial charge on any atom is 0.305 e. The number of hydrogen-bond donors (Lipinski definition) is 1. The number of hydrogen-bond acceptors (Lipinski definition) is 2. The zero-order valence-electron chi connectivity index (χ0n) is 14.1. The third-order valence-electron chi connectivity index (χ3n) is 4.40. The highest BCUT2D eigenvalue weighted by Crippen LogP contribution is 2.21. The van der Waals surface area contributed by atoms with Gasteiger partial charge in [0.25, 0.3) is 0 Å². The van der Waals surface area contributed by atoms with Crippen LogP contribution in [-0.4, -0.2) is 34.5 Å². The fourth-order valence-electron chi connectivity index (χ4n) is 3.29. The van der Waals surface area contributed by atoms with E-state index in [2.05, 4.69) is 38.1 Å². The monoisotopic (exact) mass is 317 g/mol. The van der Waals surface area contributed by atoms with Crippen LogP contribution >= 0.6 is 0 Å². The second-order valence-electron chi connectivity index (χ2n) is 6.90. The van der Waals surface area contributed by atoms with Crippen LogP contribution in [0.4, 0.5) is 0 Å². The van der Waals surface area contributed by atoms with Gasteiger partial charge in [0.2, 0.25) is 5.91 Å². The van der Waals surface area contributed by atoms with E-state index in [-0.39, 0.29) is 18.4 Å². The molecule has 0 spiro atoms. The normalized spacial score (nSPS) is 17.7. The second-order valence-corrected chi connectivity index (χ2v) is 6.90. The number of carboxylic acids is 1. The highest BCUT2D eigenvalue weighted by Gasteiger charge is 2.29. The van der Waals surface area contributed by atoms with Crippen molar-refractivity contribution in [3.05, 3.63) is 35.4 Å². The molecule has 1 unspecified atom stereocenters. The Morgan fingerprint density at radius 1 is 1.22 bits per heavy atom. The number of carboxylic acid groups (broad SMARTS) is 1. The minimum absolute atomic E-state index is 0.0651. The number of likely N-dealkylation sites (tertiary alicyclic amines) is 1. The Morgan fingerprint density at radius 3 is 2.48 bits per heavy atom. The molecule has 1 amide bonds. The maximum atomic E-state index is 12.4. The summed E-state index contributed by atoms with van der Waals surface area (Å²) in [7, 11) is 0. The van der Waals surface area contributed by atoms with Crippen LogP contribution in [0.1, 0.15) is 50.7 Å². The van der Waals surface area contributed by atoms with Crippen molar-refractivity contribution in [2.45, 2.75) is 58.4 Å². The topological polar surface area (TPSA) is 57.6 Å². The molecule has 0 saturated carbocycles. The summed E-state index contributed by atoms with van der Waals surface area (Å²) in [6.07, 6.45) is 4.03. The maximum absolute atomic E-state index is 12.4. The summed E-state index contributed by atoms with van der Waals surface area (Å²) in [6.45, 7) is 5.11. The summed E-state index contributed by atoms with van der Waals surface area (Å²) >= 11 is 0. The summed E-state index contributed by atoms with van der Waals surface area (Å²) in [6, 6.07) is 8.37. The van der Waals surface area contributed by atoms with E-state index in [0.29, 0.717) is 18.9 Å². The number of amides is 1. The van der Waals surface area contributed by atoms with E-state index in [9.17, 15) is 9.59 Å². The molecule has 23 heavy (non-hydrogen) atoms. The van der Waals surface area contributed by atoms with Crippen molar-refractivity contribution in [2.75, 3.05) is 6.54 Å². The molecule has 1 aliphatic heterocycles. The van der Waals surface area contributed by atoms with Crippen LogP contribution in [0, 0.1) is 5.92 Å². The van der Waals surface area contributed by atoms with E-state index < -0.39 is 5.97 Å². The molecule has 4 heteroatoms. The van der Waals surface area contributed by atoms with E-state index in [0.717, 1.165) is 25.7 Å². The molecule has 0 aliphatic carbocycles. The van der Waals surface area contributed by atoms with Crippen LogP contribution in [0.2, 0.25) is 0 Å². The fourth-order valence-corrected chi connectivity index (χ4v) is 3.29. The fraction of sp³-hybridized carbons (Fsp3) is 0.579. The van der Waals surface area contributed by atoms with Crippen molar-refractivity contribution in [1.29, 1.82) is 0 Å². The molecule has 0 radical (unpaired) electrons. The highest BCUT2D eigenvalue weighted by atomic mass is 16.4. The van der Waals surface area contributed by atoms with Gasteiger partial charge in [-0.2, -0.15) is 0 Å². The zero-order chi connectivity index (χ0) is 16.8. The number of nitrogens with zero attached hydrogens (tertiary/aromatic N) is 1. The third-order valence-corrected chi connectivity index (χ3v) is 4.40. The van der Waals surface area contributed by atoms with Crippen LogP contribution in [0.25, 0.3) is 0 Å². The summed E-state index contributed by atoms with van der Waals surface area (Å²) in [5.41, 5.74) is 2.50. The number of carbonyl (C=O) groups is 2. The Labute approximate surface area is 138 Å². The summed E-state index contributed by atoms with van der Waals surface area (Å²) in [5, 5.41) is 8.93. The van der Waals surface area contributed by atoms with Gasteiger partial charge in [-0.1, -0.05) is 38.1 Å². The third kappa shape index (κ3) is 5.38. The molecule has 2 rings (SSSR count). The van der Waals surface area contributed by atoms with E-state index in [1.165, 1.54) is 11.1 Å². The van der Waals surface area contributed by atoms with Crippen molar-refractivity contribution >= 4 is 11.9 Å². The van der Waals surface area contributed by atoms with Crippen LogP contribution in [0.3, 0.4) is 0 Å². The molecule has 1 aromatic rings. The first-order chi connectivity index (χ1) is 11.0. The Morgan fingerprint density at radius 2 is 1.87 bits per heavy atom. The first-order valence-electron chi connectivity index (χ1n) is 8.54. The number of carbonyl (C=O) groups excluding carboxylic acids is 1. The van der Waals surface area contributed by atoms with Gasteiger partial charge >= 0.3 is 5.97 Å². The van der Waals surface area contributed by atoms with Crippen molar-refractivity contribution < 1.29 is 14.7 Å². The molecule has 0 bridgehead atoms. The first-order valence-corrected chi connectivity index (χ1v) is 8.54. The predicted octanol–water partition coefficient (Wildman–Crippen LogP) is 3.28. The lowest BCUT2D eigenvalue weighted by molar-refractivity contribution is -0.139. The van der Waals surface area contributed by atoms with Gasteiger partial charge < -0.3 is 10.0 Å². The number of rotatable bonds is 7. The smallest absolute Gasteiger partial charge is 0.305 e. The van der Waals surface area contributed by atoms with Crippen molar-refractivity contribution in [3.8, 4) is 0 Å². The molecule has 0 aromatic heterocycles. The lowest BCUT2D eigenvalue weighted by Crippen LogP contribution is -2.36. The van der Waals surface area contributed by atoms with Gasteiger partial charge in [0, 0.05) is 19.0 Å². The lowest BCUT2D eigenvalue weighted by Gasteiger charge is -2.23. The number of aliphatic carboxylic acids is 1. The largest absolute Gasteiger partial charge is 0.481 e. The molecule has 1 saturated heterocycles. The van der Waals surface area contributed by atoms with Crippen LogP contribution in [0.15, 0.2) is 24.3 Å². The van der Waals surface area contributed by atoms with Crippen molar-refractivity contribution in [2.24, 2.45) is 5.92 Å². The first kappa shape index (κ1) is 17.5. The Bertz CT molecular complexity index is 536. The molecule has 126 valence electrons. The molecule has 1 aliphatic rings.